The average Bonchev–Trinajstić information content (AvgIpc) is 3.09. The van der Waals surface area contributed by atoms with Gasteiger partial charge < -0.3 is 25.2 Å². The Hall–Kier alpha value is -3.88. The number of phenolic OH excluding ortho intramolecular Hbond substituents is 1. The Balaban J connectivity index is 1.93. The lowest BCUT2D eigenvalue weighted by molar-refractivity contribution is -0.135. The summed E-state index contributed by atoms with van der Waals surface area (Å²) >= 11 is 0. The van der Waals surface area contributed by atoms with Crippen LogP contribution in [0.4, 0.5) is 0 Å². The molecule has 38 heavy (non-hydrogen) atoms. The lowest BCUT2D eigenvalue weighted by atomic mass is 9.78. The van der Waals surface area contributed by atoms with Gasteiger partial charge in [-0.05, 0) is 47.6 Å². The van der Waals surface area contributed by atoms with Crippen molar-refractivity contribution in [3.63, 3.8) is 0 Å². The first-order valence-electron chi connectivity index (χ1n) is 12.6. The highest BCUT2D eigenvalue weighted by Gasteiger charge is 2.31. The minimum absolute atomic E-state index is 0.0596. The van der Waals surface area contributed by atoms with Crippen LogP contribution in [0.25, 0.3) is 0 Å². The van der Waals surface area contributed by atoms with E-state index in [0.29, 0.717) is 34.6 Å². The SMILES string of the molecule is CCOc1cc2c(cc1C(=O)NCC(=O)O)C(=N)N(CC(=O)c1cc(C(C)(C)C)c(O)c(C(C)(C)C)c1)C2. The van der Waals surface area contributed by atoms with E-state index in [2.05, 4.69) is 5.32 Å². The van der Waals surface area contributed by atoms with Crippen molar-refractivity contribution in [2.75, 3.05) is 19.7 Å². The summed E-state index contributed by atoms with van der Waals surface area (Å²) in [6.45, 7) is 13.6. The number of ether oxygens (including phenoxy) is 1. The second-order valence-electron chi connectivity index (χ2n) is 11.6. The van der Waals surface area contributed by atoms with Crippen LogP contribution in [0, 0.1) is 5.41 Å². The number of amidine groups is 1. The van der Waals surface area contributed by atoms with Gasteiger partial charge in [0.25, 0.3) is 5.91 Å². The van der Waals surface area contributed by atoms with Crippen LogP contribution in [0.5, 0.6) is 11.5 Å². The molecule has 0 radical (unpaired) electrons. The normalized spacial score (nSPS) is 13.3. The van der Waals surface area contributed by atoms with Gasteiger partial charge in [0, 0.05) is 28.8 Å². The molecule has 9 nitrogen and oxygen atoms in total. The number of fused-ring (bicyclic) bond motifs is 1. The van der Waals surface area contributed by atoms with Crippen LogP contribution in [0.3, 0.4) is 0 Å². The Morgan fingerprint density at radius 2 is 1.61 bits per heavy atom. The molecule has 0 spiro atoms. The molecule has 4 N–H and O–H groups in total. The third-order valence-electron chi connectivity index (χ3n) is 6.46. The number of Topliss-reactive ketones (excluding diaryl/α,β-unsaturated/α-hetero) is 1. The molecule has 0 atom stereocenters. The quantitative estimate of drug-likeness (QED) is 0.380. The topological polar surface area (TPSA) is 140 Å². The van der Waals surface area contributed by atoms with Gasteiger partial charge in [0.2, 0.25) is 0 Å². The van der Waals surface area contributed by atoms with E-state index in [9.17, 15) is 19.5 Å². The van der Waals surface area contributed by atoms with E-state index in [1.807, 2.05) is 41.5 Å². The summed E-state index contributed by atoms with van der Waals surface area (Å²) < 4.78 is 5.62. The van der Waals surface area contributed by atoms with Crippen LogP contribution in [0.1, 0.15) is 91.4 Å². The summed E-state index contributed by atoms with van der Waals surface area (Å²) in [6.07, 6.45) is 0. The van der Waals surface area contributed by atoms with Crippen molar-refractivity contribution in [1.82, 2.24) is 10.2 Å². The van der Waals surface area contributed by atoms with Crippen LogP contribution in [0.15, 0.2) is 24.3 Å². The number of carboxylic acids is 1. The molecule has 2 aromatic carbocycles. The van der Waals surface area contributed by atoms with Gasteiger partial charge in [-0.2, -0.15) is 0 Å². The monoisotopic (exact) mass is 523 g/mol. The maximum Gasteiger partial charge on any atom is 0.322 e. The third-order valence-corrected chi connectivity index (χ3v) is 6.46. The summed E-state index contributed by atoms with van der Waals surface area (Å²) in [6, 6.07) is 6.65. The van der Waals surface area contributed by atoms with E-state index in [1.165, 1.54) is 6.07 Å². The van der Waals surface area contributed by atoms with Crippen LogP contribution in [0.2, 0.25) is 0 Å². The zero-order valence-corrected chi connectivity index (χ0v) is 23.1. The van der Waals surface area contributed by atoms with Crippen LogP contribution in [-0.4, -0.2) is 58.3 Å². The minimum atomic E-state index is -1.17. The Morgan fingerprint density at radius 3 is 2.11 bits per heavy atom. The van der Waals surface area contributed by atoms with Gasteiger partial charge in [0.15, 0.2) is 5.78 Å². The van der Waals surface area contributed by atoms with Gasteiger partial charge in [-0.1, -0.05) is 41.5 Å². The second-order valence-corrected chi connectivity index (χ2v) is 11.6. The van der Waals surface area contributed by atoms with Crippen molar-refractivity contribution in [3.8, 4) is 11.5 Å². The number of carbonyl (C=O) groups excluding carboxylic acids is 2. The summed E-state index contributed by atoms with van der Waals surface area (Å²) in [4.78, 5) is 38.6. The maximum atomic E-state index is 13.5. The number of nitrogens with one attached hydrogen (secondary N) is 2. The summed E-state index contributed by atoms with van der Waals surface area (Å²) in [7, 11) is 0. The summed E-state index contributed by atoms with van der Waals surface area (Å²) in [5.74, 6) is -1.40. The first-order valence-corrected chi connectivity index (χ1v) is 12.6. The lowest BCUT2D eigenvalue weighted by Gasteiger charge is -2.28. The van der Waals surface area contributed by atoms with E-state index in [-0.39, 0.29) is 46.9 Å². The molecule has 2 aromatic rings. The third kappa shape index (κ3) is 5.98. The second kappa shape index (κ2) is 10.5. The molecule has 0 bridgehead atoms. The number of hydrogen-bond acceptors (Lipinski definition) is 6. The smallest absolute Gasteiger partial charge is 0.322 e. The number of phenols is 1. The number of carboxylic acid groups (broad SMARTS) is 1. The van der Waals surface area contributed by atoms with Gasteiger partial charge >= 0.3 is 5.97 Å². The Bertz CT molecular complexity index is 1270. The van der Waals surface area contributed by atoms with E-state index < -0.39 is 18.4 Å². The number of rotatable bonds is 8. The number of hydrogen-bond donors (Lipinski definition) is 4. The van der Waals surface area contributed by atoms with E-state index >= 15 is 0 Å². The molecule has 0 unspecified atom stereocenters. The highest BCUT2D eigenvalue weighted by molar-refractivity contribution is 6.08. The predicted molar refractivity (Wildman–Crippen MR) is 145 cm³/mol. The highest BCUT2D eigenvalue weighted by atomic mass is 16.5. The van der Waals surface area contributed by atoms with Gasteiger partial charge in [-0.25, -0.2) is 0 Å². The molecule has 1 amide bonds. The number of ketones is 1. The van der Waals surface area contributed by atoms with E-state index in [4.69, 9.17) is 15.3 Å². The van der Waals surface area contributed by atoms with Crippen molar-refractivity contribution in [1.29, 1.82) is 5.41 Å². The van der Waals surface area contributed by atoms with Gasteiger partial charge in [-0.15, -0.1) is 0 Å². The lowest BCUT2D eigenvalue weighted by Crippen LogP contribution is -2.31. The predicted octanol–water partition coefficient (Wildman–Crippen LogP) is 4.22. The molecule has 1 heterocycles. The molecule has 0 aromatic heterocycles. The molecular weight excluding hydrogens is 486 g/mol. The minimum Gasteiger partial charge on any atom is -0.507 e. The van der Waals surface area contributed by atoms with E-state index in [0.717, 1.165) is 5.56 Å². The Kier molecular flexibility index (Phi) is 7.91. The van der Waals surface area contributed by atoms with Gasteiger partial charge in [0.1, 0.15) is 23.9 Å². The van der Waals surface area contributed by atoms with Crippen molar-refractivity contribution in [3.05, 3.63) is 57.6 Å². The molecule has 1 aliphatic rings. The fourth-order valence-electron chi connectivity index (χ4n) is 4.47. The first-order chi connectivity index (χ1) is 17.5. The molecule has 9 heteroatoms. The van der Waals surface area contributed by atoms with E-state index in [1.54, 1.807) is 30.0 Å². The number of benzene rings is 2. The summed E-state index contributed by atoms with van der Waals surface area (Å²) in [5.41, 5.74) is 2.42. The largest absolute Gasteiger partial charge is 0.507 e. The van der Waals surface area contributed by atoms with Crippen molar-refractivity contribution < 1.29 is 29.3 Å². The fourth-order valence-corrected chi connectivity index (χ4v) is 4.47. The van der Waals surface area contributed by atoms with Crippen LogP contribution >= 0.6 is 0 Å². The number of aromatic hydroxyl groups is 1. The Labute approximate surface area is 223 Å². The van der Waals surface area contributed by atoms with Crippen molar-refractivity contribution >= 4 is 23.5 Å². The Morgan fingerprint density at radius 1 is 1.03 bits per heavy atom. The molecule has 0 fully saturated rings. The number of carbonyl (C=O) groups is 3. The maximum absolute atomic E-state index is 13.5. The van der Waals surface area contributed by atoms with Crippen molar-refractivity contribution in [2.45, 2.75) is 65.8 Å². The average molecular weight is 524 g/mol. The van der Waals surface area contributed by atoms with Crippen LogP contribution < -0.4 is 10.1 Å². The highest BCUT2D eigenvalue weighted by Crippen LogP contribution is 2.40. The standard InChI is InChI=1S/C29H37N3O6/c1-8-38-23-11-17-14-32(26(30)18(17)12-19(23)27(37)31-13-24(34)35)15-22(33)16-9-20(28(2,3)4)25(36)21(10-16)29(5,6)7/h9-12,30,36H,8,13-15H2,1-7H3,(H,31,37)(H,34,35). The zero-order valence-electron chi connectivity index (χ0n) is 23.1. The molecule has 204 valence electrons. The number of aliphatic carboxylic acids is 1. The molecule has 0 aliphatic carbocycles. The van der Waals surface area contributed by atoms with Crippen molar-refractivity contribution in [2.24, 2.45) is 0 Å². The van der Waals surface area contributed by atoms with Crippen LogP contribution in [-0.2, 0) is 22.2 Å². The molecule has 1 aliphatic heterocycles. The van der Waals surface area contributed by atoms with Gasteiger partial charge in [0.05, 0.1) is 18.7 Å². The number of nitrogens with zero attached hydrogens (tertiary/aromatic N) is 1. The number of amides is 1. The molecular formula is C29H37N3O6. The zero-order chi connectivity index (χ0) is 28.6. The first kappa shape index (κ1) is 28.7. The molecule has 0 saturated carbocycles. The summed E-state index contributed by atoms with van der Waals surface area (Å²) in [5, 5.41) is 30.9. The molecule has 3 rings (SSSR count). The molecule has 0 saturated heterocycles. The fraction of sp³-hybridized carbons (Fsp3) is 0.448. The van der Waals surface area contributed by atoms with Gasteiger partial charge in [-0.3, -0.25) is 19.8 Å².